The highest BCUT2D eigenvalue weighted by atomic mass is 79.9. The van der Waals surface area contributed by atoms with Crippen molar-refractivity contribution in [3.63, 3.8) is 0 Å². The second-order valence-corrected chi connectivity index (χ2v) is 11.8. The van der Waals surface area contributed by atoms with Crippen LogP contribution < -0.4 is 0 Å². The van der Waals surface area contributed by atoms with Crippen LogP contribution in [0.25, 0.3) is 0 Å². The Morgan fingerprint density at radius 2 is 1.17 bits per heavy atom. The smallest absolute Gasteiger partial charge is 0.340 e. The predicted octanol–water partition coefficient (Wildman–Crippen LogP) is 5.02. The minimum absolute atomic E-state index is 0.00467. The summed E-state index contributed by atoms with van der Waals surface area (Å²) in [7, 11) is -2.15. The fraction of sp³-hybridized carbons (Fsp3) is 0.182. The van der Waals surface area contributed by atoms with Crippen molar-refractivity contribution in [2.24, 2.45) is 0 Å². The molecule has 2 rings (SSSR count). The van der Waals surface area contributed by atoms with Crippen LogP contribution in [0, 0.1) is 22.9 Å². The fourth-order valence-electron chi connectivity index (χ4n) is 2.16. The fourth-order valence-corrected chi connectivity index (χ4v) is 4.14. The van der Waals surface area contributed by atoms with E-state index in [1.807, 2.05) is 25.2 Å². The Bertz CT molecular complexity index is 945. The highest BCUT2D eigenvalue weighted by molar-refractivity contribution is 9.10. The highest BCUT2D eigenvalue weighted by Gasteiger charge is 2.15. The Hall–Kier alpha value is -2.32. The predicted molar refractivity (Wildman–Crippen MR) is 122 cm³/mol. The number of carbonyl (C=O) groups excluding carboxylic acids is 2. The Labute approximate surface area is 188 Å². The largest absolute Gasteiger partial charge is 0.449 e. The van der Waals surface area contributed by atoms with Gasteiger partial charge in [-0.2, -0.15) is 0 Å². The normalized spacial score (nSPS) is 10.1. The van der Waals surface area contributed by atoms with Gasteiger partial charge in [-0.1, -0.05) is 36.1 Å². The van der Waals surface area contributed by atoms with Gasteiger partial charge in [0.15, 0.2) is 13.2 Å². The summed E-state index contributed by atoms with van der Waals surface area (Å²) < 4.78 is 11.7. The molecule has 7 heteroatoms. The van der Waals surface area contributed by atoms with Gasteiger partial charge in [0, 0.05) is 8.95 Å². The molecule has 0 N–H and O–H groups in total. The van der Waals surface area contributed by atoms with Crippen molar-refractivity contribution in [3.05, 3.63) is 68.6 Å². The molecule has 0 unspecified atom stereocenters. The summed E-state index contributed by atoms with van der Waals surface area (Å²) in [5.74, 6) is 4.86. The maximum absolute atomic E-state index is 12.0. The zero-order valence-corrected chi connectivity index (χ0v) is 20.1. The molecule has 0 heterocycles. The van der Waals surface area contributed by atoms with Crippen molar-refractivity contribution in [1.82, 2.24) is 0 Å². The summed E-state index contributed by atoms with van der Waals surface area (Å²) in [4.78, 5) is 24.0. The summed E-state index contributed by atoms with van der Waals surface area (Å²) in [5, 5.41) is 0. The maximum atomic E-state index is 12.0. The Morgan fingerprint density at radius 3 is 1.55 bits per heavy atom. The van der Waals surface area contributed by atoms with Crippen molar-refractivity contribution in [2.75, 3.05) is 13.2 Å². The third-order valence-electron chi connectivity index (χ3n) is 3.54. The summed E-state index contributed by atoms with van der Waals surface area (Å²) in [6.45, 7) is 3.93. The number of hydrogen-bond donors (Lipinski definition) is 0. The standard InChI is InChI=1S/C22H18Br2O4Si/c1-29(2,15-7-13-27-21(25)17-9-3-5-11-19(17)23)16-8-14-28-22(26)18-10-4-6-12-20(18)24/h3-6,9-12H,13-14H2,1-2H3. The third kappa shape index (κ3) is 7.55. The maximum Gasteiger partial charge on any atom is 0.340 e. The molecule has 0 saturated carbocycles. The highest BCUT2D eigenvalue weighted by Crippen LogP contribution is 2.17. The molecule has 2 aromatic carbocycles. The molecule has 0 atom stereocenters. The lowest BCUT2D eigenvalue weighted by Gasteiger charge is -2.06. The quantitative estimate of drug-likeness (QED) is 0.314. The summed E-state index contributed by atoms with van der Waals surface area (Å²) in [6.07, 6.45) is 0. The van der Waals surface area contributed by atoms with E-state index in [1.54, 1.807) is 36.4 Å². The van der Waals surface area contributed by atoms with Gasteiger partial charge < -0.3 is 9.47 Å². The first kappa shape index (κ1) is 23.0. The number of benzene rings is 2. The number of halogens is 2. The summed E-state index contributed by atoms with van der Waals surface area (Å²) >= 11 is 6.63. The van der Waals surface area contributed by atoms with E-state index >= 15 is 0 Å². The van der Waals surface area contributed by atoms with Crippen LogP contribution in [-0.4, -0.2) is 33.2 Å². The lowest BCUT2D eigenvalue weighted by Crippen LogP contribution is -2.21. The van der Waals surface area contributed by atoms with Gasteiger partial charge in [0.05, 0.1) is 11.1 Å². The molecule has 2 aromatic rings. The SMILES string of the molecule is C[Si](C)(C#CCOC(=O)c1ccccc1Br)C#CCOC(=O)c1ccccc1Br. The van der Waals surface area contributed by atoms with E-state index in [0.717, 1.165) is 0 Å². The number of rotatable bonds is 4. The zero-order chi connectivity index (χ0) is 21.3. The summed E-state index contributed by atoms with van der Waals surface area (Å²) in [6, 6.07) is 14.1. The van der Waals surface area contributed by atoms with E-state index in [4.69, 9.17) is 9.47 Å². The molecule has 0 fully saturated rings. The van der Waals surface area contributed by atoms with Gasteiger partial charge >= 0.3 is 11.9 Å². The molecule has 0 bridgehead atoms. The first-order chi connectivity index (χ1) is 13.8. The molecule has 0 aliphatic rings. The molecule has 148 valence electrons. The van der Waals surface area contributed by atoms with Gasteiger partial charge in [-0.3, -0.25) is 0 Å². The molecule has 0 radical (unpaired) electrons. The molecular formula is C22H18Br2O4Si. The van der Waals surface area contributed by atoms with E-state index in [-0.39, 0.29) is 13.2 Å². The second kappa shape index (κ2) is 11.0. The summed E-state index contributed by atoms with van der Waals surface area (Å²) in [5.41, 5.74) is 7.09. The molecule has 29 heavy (non-hydrogen) atoms. The van der Waals surface area contributed by atoms with Gasteiger partial charge in [-0.05, 0) is 69.2 Å². The molecular weight excluding hydrogens is 516 g/mol. The Balaban J connectivity index is 1.83. The van der Waals surface area contributed by atoms with Crippen LogP contribution in [0.1, 0.15) is 20.7 Å². The van der Waals surface area contributed by atoms with Gasteiger partial charge in [0.1, 0.15) is 0 Å². The van der Waals surface area contributed by atoms with Crippen molar-refractivity contribution in [2.45, 2.75) is 13.1 Å². The van der Waals surface area contributed by atoms with Crippen molar-refractivity contribution in [1.29, 1.82) is 0 Å². The molecule has 0 aromatic heterocycles. The van der Waals surface area contributed by atoms with Crippen LogP contribution in [0.5, 0.6) is 0 Å². The van der Waals surface area contributed by atoms with Crippen LogP contribution in [0.3, 0.4) is 0 Å². The van der Waals surface area contributed by atoms with Crippen molar-refractivity contribution >= 4 is 51.9 Å². The van der Waals surface area contributed by atoms with Crippen molar-refractivity contribution < 1.29 is 19.1 Å². The topological polar surface area (TPSA) is 52.6 Å². The first-order valence-electron chi connectivity index (χ1n) is 8.63. The number of esters is 2. The first-order valence-corrected chi connectivity index (χ1v) is 13.2. The van der Waals surface area contributed by atoms with Gasteiger partial charge in [0.25, 0.3) is 0 Å². The van der Waals surface area contributed by atoms with E-state index in [9.17, 15) is 9.59 Å². The number of carbonyl (C=O) groups is 2. The third-order valence-corrected chi connectivity index (χ3v) is 6.53. The average molecular weight is 534 g/mol. The lowest BCUT2D eigenvalue weighted by atomic mass is 10.2. The minimum Gasteiger partial charge on any atom is -0.449 e. The lowest BCUT2D eigenvalue weighted by molar-refractivity contribution is 0.0546. The van der Waals surface area contributed by atoms with E-state index in [2.05, 4.69) is 54.8 Å². The van der Waals surface area contributed by atoms with E-state index in [1.165, 1.54) is 0 Å². The molecule has 0 spiro atoms. The van der Waals surface area contributed by atoms with Crippen molar-refractivity contribution in [3.8, 4) is 22.9 Å². The van der Waals surface area contributed by atoms with E-state index < -0.39 is 20.0 Å². The second-order valence-electron chi connectivity index (χ2n) is 6.34. The molecule has 4 nitrogen and oxygen atoms in total. The molecule has 0 saturated heterocycles. The van der Waals surface area contributed by atoms with Gasteiger partial charge in [0.2, 0.25) is 8.07 Å². The van der Waals surface area contributed by atoms with Gasteiger partial charge in [-0.25, -0.2) is 9.59 Å². The molecule has 0 amide bonds. The van der Waals surface area contributed by atoms with Crippen LogP contribution in [0.4, 0.5) is 0 Å². The van der Waals surface area contributed by atoms with E-state index in [0.29, 0.717) is 20.1 Å². The number of hydrogen-bond acceptors (Lipinski definition) is 4. The van der Waals surface area contributed by atoms with Crippen LogP contribution in [-0.2, 0) is 9.47 Å². The average Bonchev–Trinajstić information content (AvgIpc) is 2.69. The number of ether oxygens (including phenoxy) is 2. The van der Waals surface area contributed by atoms with Crippen LogP contribution in [0.2, 0.25) is 13.1 Å². The van der Waals surface area contributed by atoms with Crippen LogP contribution in [0.15, 0.2) is 57.5 Å². The Kier molecular flexibility index (Phi) is 8.72. The Morgan fingerprint density at radius 1 is 0.793 bits per heavy atom. The van der Waals surface area contributed by atoms with Gasteiger partial charge in [-0.15, -0.1) is 11.1 Å². The molecule has 0 aliphatic carbocycles. The monoisotopic (exact) mass is 532 g/mol. The zero-order valence-electron chi connectivity index (χ0n) is 15.9. The van der Waals surface area contributed by atoms with Crippen LogP contribution >= 0.6 is 31.9 Å². The minimum atomic E-state index is -2.15. The molecule has 0 aliphatic heterocycles.